The Balaban J connectivity index is 1.89. The van der Waals surface area contributed by atoms with Crippen molar-refractivity contribution in [1.82, 2.24) is 5.32 Å². The summed E-state index contributed by atoms with van der Waals surface area (Å²) in [7, 11) is 0. The molecule has 5 heteroatoms. The van der Waals surface area contributed by atoms with Crippen LogP contribution in [0.15, 0.2) is 29.6 Å². The van der Waals surface area contributed by atoms with Crippen molar-refractivity contribution in [2.24, 2.45) is 0 Å². The SMILES string of the molecule is CCc1ccsc1CNCC(O)c1ccc(F)c(F)c1. The quantitative estimate of drug-likeness (QED) is 0.856. The highest BCUT2D eigenvalue weighted by Crippen LogP contribution is 2.18. The first-order valence-electron chi connectivity index (χ1n) is 6.50. The number of hydrogen-bond acceptors (Lipinski definition) is 3. The molecular formula is C15H17F2NOS. The molecule has 2 rings (SSSR count). The highest BCUT2D eigenvalue weighted by atomic mass is 32.1. The molecule has 2 N–H and O–H groups in total. The topological polar surface area (TPSA) is 32.3 Å². The maximum Gasteiger partial charge on any atom is 0.159 e. The minimum absolute atomic E-state index is 0.298. The van der Waals surface area contributed by atoms with E-state index in [-0.39, 0.29) is 0 Å². The Labute approximate surface area is 121 Å². The lowest BCUT2D eigenvalue weighted by Crippen LogP contribution is -2.21. The highest BCUT2D eigenvalue weighted by Gasteiger charge is 2.11. The Morgan fingerprint density at radius 3 is 2.75 bits per heavy atom. The standard InChI is InChI=1S/C15H17F2NOS/c1-2-10-5-6-20-15(10)9-18-8-14(19)11-3-4-12(16)13(17)7-11/h3-7,14,18-19H,2,8-9H2,1H3. The fourth-order valence-electron chi connectivity index (χ4n) is 2.00. The zero-order chi connectivity index (χ0) is 14.5. The molecule has 0 spiro atoms. The number of thiophene rings is 1. The van der Waals surface area contributed by atoms with Gasteiger partial charge in [0, 0.05) is 18.0 Å². The maximum atomic E-state index is 13.1. The first kappa shape index (κ1) is 15.1. The van der Waals surface area contributed by atoms with Gasteiger partial charge in [0.2, 0.25) is 0 Å². The Kier molecular flexibility index (Phi) is 5.23. The summed E-state index contributed by atoms with van der Waals surface area (Å²) in [6, 6.07) is 5.55. The summed E-state index contributed by atoms with van der Waals surface area (Å²) in [4.78, 5) is 1.24. The molecule has 108 valence electrons. The highest BCUT2D eigenvalue weighted by molar-refractivity contribution is 7.10. The molecule has 0 aliphatic rings. The van der Waals surface area contributed by atoms with Crippen LogP contribution in [0.1, 0.15) is 29.0 Å². The molecule has 20 heavy (non-hydrogen) atoms. The predicted molar refractivity (Wildman–Crippen MR) is 76.7 cm³/mol. The van der Waals surface area contributed by atoms with Gasteiger partial charge in [-0.15, -0.1) is 11.3 Å². The molecule has 0 aliphatic carbocycles. The molecule has 1 aromatic heterocycles. The molecular weight excluding hydrogens is 280 g/mol. The molecule has 0 saturated heterocycles. The lowest BCUT2D eigenvalue weighted by atomic mass is 10.1. The third-order valence-corrected chi connectivity index (χ3v) is 4.13. The largest absolute Gasteiger partial charge is 0.387 e. The van der Waals surface area contributed by atoms with Crippen LogP contribution in [-0.4, -0.2) is 11.7 Å². The van der Waals surface area contributed by atoms with Crippen LogP contribution in [-0.2, 0) is 13.0 Å². The summed E-state index contributed by atoms with van der Waals surface area (Å²) >= 11 is 1.67. The van der Waals surface area contributed by atoms with Gasteiger partial charge in [-0.25, -0.2) is 8.78 Å². The number of rotatable bonds is 6. The van der Waals surface area contributed by atoms with E-state index >= 15 is 0 Å². The summed E-state index contributed by atoms with van der Waals surface area (Å²) in [6.45, 7) is 3.06. The van der Waals surface area contributed by atoms with Gasteiger partial charge in [0.25, 0.3) is 0 Å². The van der Waals surface area contributed by atoms with Crippen LogP contribution < -0.4 is 5.32 Å². The molecule has 0 bridgehead atoms. The number of hydrogen-bond donors (Lipinski definition) is 2. The Hall–Kier alpha value is -1.30. The van der Waals surface area contributed by atoms with Gasteiger partial charge in [0.1, 0.15) is 0 Å². The molecule has 2 nitrogen and oxygen atoms in total. The summed E-state index contributed by atoms with van der Waals surface area (Å²) in [6.07, 6.45) is 0.127. The summed E-state index contributed by atoms with van der Waals surface area (Å²) in [5, 5.41) is 15.1. The molecule has 1 atom stereocenters. The molecule has 1 aromatic carbocycles. The Bertz CT molecular complexity index is 571. The first-order valence-corrected chi connectivity index (χ1v) is 7.38. The molecule has 0 radical (unpaired) electrons. The second-order valence-electron chi connectivity index (χ2n) is 4.54. The van der Waals surface area contributed by atoms with Gasteiger partial charge in [0.05, 0.1) is 6.10 Å². The average Bonchev–Trinajstić information content (AvgIpc) is 2.89. The van der Waals surface area contributed by atoms with Gasteiger partial charge in [0.15, 0.2) is 11.6 Å². The van der Waals surface area contributed by atoms with E-state index in [9.17, 15) is 13.9 Å². The van der Waals surface area contributed by atoms with E-state index in [4.69, 9.17) is 0 Å². The Morgan fingerprint density at radius 2 is 2.05 bits per heavy atom. The zero-order valence-electron chi connectivity index (χ0n) is 11.2. The number of benzene rings is 1. The van der Waals surface area contributed by atoms with Crippen molar-refractivity contribution in [3.63, 3.8) is 0 Å². The third-order valence-electron chi connectivity index (χ3n) is 3.17. The minimum Gasteiger partial charge on any atom is -0.387 e. The van der Waals surface area contributed by atoms with Crippen LogP contribution in [0.3, 0.4) is 0 Å². The van der Waals surface area contributed by atoms with Crippen LogP contribution in [0.4, 0.5) is 8.78 Å². The minimum atomic E-state index is -0.937. The van der Waals surface area contributed by atoms with Gasteiger partial charge < -0.3 is 10.4 Å². The van der Waals surface area contributed by atoms with E-state index in [2.05, 4.69) is 18.3 Å². The molecule has 1 heterocycles. The average molecular weight is 297 g/mol. The van der Waals surface area contributed by atoms with E-state index in [1.165, 1.54) is 16.5 Å². The van der Waals surface area contributed by atoms with Crippen LogP contribution in [0, 0.1) is 11.6 Å². The second kappa shape index (κ2) is 6.92. The number of aliphatic hydroxyl groups excluding tert-OH is 1. The van der Waals surface area contributed by atoms with Crippen molar-refractivity contribution < 1.29 is 13.9 Å². The summed E-state index contributed by atoms with van der Waals surface area (Å²) in [5.41, 5.74) is 1.67. The number of aliphatic hydroxyl groups is 1. The molecule has 0 aliphatic heterocycles. The number of halogens is 2. The van der Waals surface area contributed by atoms with E-state index < -0.39 is 17.7 Å². The van der Waals surface area contributed by atoms with Crippen molar-refractivity contribution in [2.75, 3.05) is 6.54 Å². The van der Waals surface area contributed by atoms with Gasteiger partial charge in [-0.2, -0.15) is 0 Å². The van der Waals surface area contributed by atoms with Crippen molar-refractivity contribution in [3.8, 4) is 0 Å². The molecule has 0 saturated carbocycles. The van der Waals surface area contributed by atoms with Crippen LogP contribution in [0.5, 0.6) is 0 Å². The van der Waals surface area contributed by atoms with Crippen molar-refractivity contribution in [2.45, 2.75) is 26.0 Å². The van der Waals surface area contributed by atoms with E-state index in [0.717, 1.165) is 18.6 Å². The summed E-state index contributed by atoms with van der Waals surface area (Å²) in [5.74, 6) is -1.84. The van der Waals surface area contributed by atoms with Gasteiger partial charge in [-0.3, -0.25) is 0 Å². The van der Waals surface area contributed by atoms with Crippen molar-refractivity contribution in [1.29, 1.82) is 0 Å². The fourth-order valence-corrected chi connectivity index (χ4v) is 2.94. The van der Waals surface area contributed by atoms with E-state index in [1.54, 1.807) is 11.3 Å². The number of aryl methyl sites for hydroxylation is 1. The molecule has 2 aromatic rings. The van der Waals surface area contributed by atoms with Crippen LogP contribution in [0.25, 0.3) is 0 Å². The zero-order valence-corrected chi connectivity index (χ0v) is 12.0. The molecule has 1 unspecified atom stereocenters. The lowest BCUT2D eigenvalue weighted by Gasteiger charge is -2.12. The normalized spacial score (nSPS) is 12.6. The van der Waals surface area contributed by atoms with Gasteiger partial charge >= 0.3 is 0 Å². The molecule has 0 fully saturated rings. The van der Waals surface area contributed by atoms with E-state index in [0.29, 0.717) is 18.7 Å². The van der Waals surface area contributed by atoms with Crippen LogP contribution >= 0.6 is 11.3 Å². The van der Waals surface area contributed by atoms with Crippen molar-refractivity contribution in [3.05, 3.63) is 57.3 Å². The third kappa shape index (κ3) is 3.62. The monoisotopic (exact) mass is 297 g/mol. The molecule has 0 amide bonds. The Morgan fingerprint density at radius 1 is 1.25 bits per heavy atom. The number of nitrogens with one attached hydrogen (secondary N) is 1. The van der Waals surface area contributed by atoms with Crippen LogP contribution in [0.2, 0.25) is 0 Å². The first-order chi connectivity index (χ1) is 9.61. The second-order valence-corrected chi connectivity index (χ2v) is 5.54. The van der Waals surface area contributed by atoms with E-state index in [1.807, 2.05) is 5.38 Å². The van der Waals surface area contributed by atoms with Crippen molar-refractivity contribution >= 4 is 11.3 Å². The summed E-state index contributed by atoms with van der Waals surface area (Å²) < 4.78 is 25.9. The fraction of sp³-hybridized carbons (Fsp3) is 0.333. The smallest absolute Gasteiger partial charge is 0.159 e. The lowest BCUT2D eigenvalue weighted by molar-refractivity contribution is 0.174. The van der Waals surface area contributed by atoms with Gasteiger partial charge in [-0.1, -0.05) is 13.0 Å². The maximum absolute atomic E-state index is 13.1. The predicted octanol–water partition coefficient (Wildman–Crippen LogP) is 3.41. The van der Waals surface area contributed by atoms with Gasteiger partial charge in [-0.05, 0) is 41.1 Å².